The molecule has 2 amide bonds. The summed E-state index contributed by atoms with van der Waals surface area (Å²) in [6.07, 6.45) is 3.19. The maximum atomic E-state index is 11.9. The van der Waals surface area contributed by atoms with E-state index >= 15 is 0 Å². The molecule has 2 aliphatic rings. The van der Waals surface area contributed by atoms with Crippen molar-refractivity contribution in [3.63, 3.8) is 0 Å². The van der Waals surface area contributed by atoms with Crippen molar-refractivity contribution in [2.75, 3.05) is 18.4 Å². The van der Waals surface area contributed by atoms with Crippen molar-refractivity contribution in [2.45, 2.75) is 24.7 Å². The minimum absolute atomic E-state index is 0.0710. The average Bonchev–Trinajstić information content (AvgIpc) is 2.39. The van der Waals surface area contributed by atoms with E-state index in [2.05, 4.69) is 11.4 Å². The third-order valence-corrected chi connectivity index (χ3v) is 4.18. The Morgan fingerprint density at radius 2 is 1.94 bits per heavy atom. The van der Waals surface area contributed by atoms with Gasteiger partial charge in [0.25, 0.3) is 0 Å². The third kappa shape index (κ3) is 1.68. The fourth-order valence-electron chi connectivity index (χ4n) is 3.16. The van der Waals surface area contributed by atoms with Crippen molar-refractivity contribution in [1.29, 1.82) is 0 Å². The Bertz CT molecular complexity index is 490. The topological polar surface area (TPSA) is 49.4 Å². The smallest absolute Gasteiger partial charge is 0.225 e. The van der Waals surface area contributed by atoms with Crippen LogP contribution in [0.5, 0.6) is 0 Å². The second-order valence-corrected chi connectivity index (χ2v) is 5.19. The molecule has 2 heterocycles. The van der Waals surface area contributed by atoms with Crippen LogP contribution in [0, 0.1) is 0 Å². The van der Waals surface area contributed by atoms with Gasteiger partial charge in [0.05, 0.1) is 0 Å². The summed E-state index contributed by atoms with van der Waals surface area (Å²) in [5.74, 6) is 0.0910. The van der Waals surface area contributed by atoms with Crippen molar-refractivity contribution in [1.82, 2.24) is 4.90 Å². The molecule has 1 aromatic carbocycles. The van der Waals surface area contributed by atoms with Gasteiger partial charge in [-0.3, -0.25) is 9.59 Å². The summed E-state index contributed by atoms with van der Waals surface area (Å²) < 4.78 is 0. The molecule has 1 aromatic rings. The van der Waals surface area contributed by atoms with E-state index in [0.717, 1.165) is 38.0 Å². The maximum Gasteiger partial charge on any atom is 0.225 e. The predicted octanol–water partition coefficient (Wildman–Crippen LogP) is 1.52. The first-order chi connectivity index (χ1) is 8.73. The molecule has 0 radical (unpaired) electrons. The van der Waals surface area contributed by atoms with E-state index in [4.69, 9.17) is 0 Å². The highest BCUT2D eigenvalue weighted by Gasteiger charge is 2.41. The maximum absolute atomic E-state index is 11.9. The fraction of sp³-hybridized carbons (Fsp3) is 0.429. The molecule has 4 heteroatoms. The molecule has 1 N–H and O–H groups in total. The zero-order chi connectivity index (χ0) is 12.6. The molecule has 94 valence electrons. The summed E-state index contributed by atoms with van der Waals surface area (Å²) in [5.41, 5.74) is 2.10. The van der Waals surface area contributed by atoms with Gasteiger partial charge < -0.3 is 10.2 Å². The number of carbonyl (C=O) groups excluding carboxylic acids is 2. The Kier molecular flexibility index (Phi) is 2.58. The van der Waals surface area contributed by atoms with Crippen LogP contribution in [0.25, 0.3) is 0 Å². The molecule has 18 heavy (non-hydrogen) atoms. The number of carbonyl (C=O) groups is 2. The highest BCUT2D eigenvalue weighted by molar-refractivity contribution is 5.95. The molecule has 0 unspecified atom stereocenters. The number of likely N-dealkylation sites (tertiary alicyclic amines) is 1. The molecule has 0 atom stereocenters. The van der Waals surface area contributed by atoms with E-state index in [1.54, 1.807) is 4.90 Å². The summed E-state index contributed by atoms with van der Waals surface area (Å²) >= 11 is 0. The van der Waals surface area contributed by atoms with E-state index in [1.807, 2.05) is 18.2 Å². The summed E-state index contributed by atoms with van der Waals surface area (Å²) in [7, 11) is 0. The summed E-state index contributed by atoms with van der Waals surface area (Å²) in [6, 6.07) is 8.02. The minimum Gasteiger partial charge on any atom is -0.345 e. The standard InChI is InChI=1S/C14H16N2O2/c17-10-16-7-5-14(6-8-16)9-13(18)15-12-4-2-1-3-11(12)14/h1-4,10H,5-9H2,(H,15,18). The second kappa shape index (κ2) is 4.12. The van der Waals surface area contributed by atoms with Crippen LogP contribution in [0.3, 0.4) is 0 Å². The first-order valence-corrected chi connectivity index (χ1v) is 6.32. The number of nitrogens with one attached hydrogen (secondary N) is 1. The monoisotopic (exact) mass is 244 g/mol. The molecule has 0 aliphatic carbocycles. The molecule has 0 aromatic heterocycles. The summed E-state index contributed by atoms with van der Waals surface area (Å²) in [6.45, 7) is 1.48. The van der Waals surface area contributed by atoms with Gasteiger partial charge in [0.2, 0.25) is 12.3 Å². The number of hydrogen-bond donors (Lipinski definition) is 1. The summed E-state index contributed by atoms with van der Waals surface area (Å²) in [4.78, 5) is 24.4. The van der Waals surface area contributed by atoms with Crippen LogP contribution in [0.4, 0.5) is 5.69 Å². The number of rotatable bonds is 1. The molecule has 1 saturated heterocycles. The number of amides is 2. The van der Waals surface area contributed by atoms with Crippen LogP contribution in [-0.2, 0) is 15.0 Å². The van der Waals surface area contributed by atoms with Crippen LogP contribution >= 0.6 is 0 Å². The Labute approximate surface area is 106 Å². The fourth-order valence-corrected chi connectivity index (χ4v) is 3.16. The zero-order valence-electron chi connectivity index (χ0n) is 10.2. The lowest BCUT2D eigenvalue weighted by Crippen LogP contribution is -2.46. The average molecular weight is 244 g/mol. The van der Waals surface area contributed by atoms with E-state index in [0.29, 0.717) is 6.42 Å². The molecular weight excluding hydrogens is 228 g/mol. The van der Waals surface area contributed by atoms with Gasteiger partial charge in [-0.1, -0.05) is 18.2 Å². The van der Waals surface area contributed by atoms with Gasteiger partial charge in [-0.2, -0.15) is 0 Å². The highest BCUT2D eigenvalue weighted by atomic mass is 16.1. The SMILES string of the molecule is O=CN1CCC2(CC1)CC(=O)Nc1ccccc12. The number of piperidine rings is 1. The van der Waals surface area contributed by atoms with Gasteiger partial charge in [0.15, 0.2) is 0 Å². The predicted molar refractivity (Wildman–Crippen MR) is 68.2 cm³/mol. The first kappa shape index (κ1) is 11.3. The zero-order valence-corrected chi connectivity index (χ0v) is 10.2. The van der Waals surface area contributed by atoms with Gasteiger partial charge >= 0.3 is 0 Å². The minimum atomic E-state index is -0.0710. The molecule has 1 fully saturated rings. The molecule has 2 aliphatic heterocycles. The lowest BCUT2D eigenvalue weighted by Gasteiger charge is -2.43. The number of nitrogens with zero attached hydrogens (tertiary/aromatic N) is 1. The molecule has 0 bridgehead atoms. The Morgan fingerprint density at radius 1 is 1.22 bits per heavy atom. The van der Waals surface area contributed by atoms with Crippen LogP contribution in [-0.4, -0.2) is 30.3 Å². The van der Waals surface area contributed by atoms with Gasteiger partial charge in [0, 0.05) is 30.6 Å². The molecule has 4 nitrogen and oxygen atoms in total. The van der Waals surface area contributed by atoms with Gasteiger partial charge in [0.1, 0.15) is 0 Å². The van der Waals surface area contributed by atoms with Crippen molar-refractivity contribution in [3.8, 4) is 0 Å². The lowest BCUT2D eigenvalue weighted by molar-refractivity contribution is -0.120. The number of para-hydroxylation sites is 1. The van der Waals surface area contributed by atoms with E-state index < -0.39 is 0 Å². The Morgan fingerprint density at radius 3 is 2.67 bits per heavy atom. The normalized spacial score (nSPS) is 21.3. The highest BCUT2D eigenvalue weighted by Crippen LogP contribution is 2.44. The first-order valence-electron chi connectivity index (χ1n) is 6.32. The molecule has 1 spiro atoms. The van der Waals surface area contributed by atoms with Crippen LogP contribution in [0.15, 0.2) is 24.3 Å². The lowest BCUT2D eigenvalue weighted by atomic mass is 9.68. The van der Waals surface area contributed by atoms with Crippen molar-refractivity contribution in [3.05, 3.63) is 29.8 Å². The number of hydrogen-bond acceptors (Lipinski definition) is 2. The van der Waals surface area contributed by atoms with Crippen LogP contribution < -0.4 is 5.32 Å². The summed E-state index contributed by atoms with van der Waals surface area (Å²) in [5, 5.41) is 2.93. The molecular formula is C14H16N2O2. The van der Waals surface area contributed by atoms with Crippen molar-refractivity contribution >= 4 is 18.0 Å². The second-order valence-electron chi connectivity index (χ2n) is 5.19. The Balaban J connectivity index is 1.97. The van der Waals surface area contributed by atoms with E-state index in [1.165, 1.54) is 5.56 Å². The number of benzene rings is 1. The van der Waals surface area contributed by atoms with Gasteiger partial charge in [-0.15, -0.1) is 0 Å². The molecule has 3 rings (SSSR count). The quantitative estimate of drug-likeness (QED) is 0.761. The Hall–Kier alpha value is -1.84. The van der Waals surface area contributed by atoms with Gasteiger partial charge in [-0.05, 0) is 24.5 Å². The third-order valence-electron chi connectivity index (χ3n) is 4.18. The van der Waals surface area contributed by atoms with Crippen LogP contribution in [0.1, 0.15) is 24.8 Å². The van der Waals surface area contributed by atoms with Crippen LogP contribution in [0.2, 0.25) is 0 Å². The van der Waals surface area contributed by atoms with E-state index in [-0.39, 0.29) is 11.3 Å². The van der Waals surface area contributed by atoms with Crippen molar-refractivity contribution in [2.24, 2.45) is 0 Å². The van der Waals surface area contributed by atoms with E-state index in [9.17, 15) is 9.59 Å². The molecule has 0 saturated carbocycles. The van der Waals surface area contributed by atoms with Gasteiger partial charge in [-0.25, -0.2) is 0 Å². The van der Waals surface area contributed by atoms with Crippen molar-refractivity contribution < 1.29 is 9.59 Å². The largest absolute Gasteiger partial charge is 0.345 e. The number of fused-ring (bicyclic) bond motifs is 2. The number of anilines is 1.